The first kappa shape index (κ1) is 16.3. The minimum atomic E-state index is -0.132. The molecule has 0 radical (unpaired) electrons. The second-order valence-corrected chi connectivity index (χ2v) is 7.60. The van der Waals surface area contributed by atoms with Crippen molar-refractivity contribution in [3.8, 4) is 0 Å². The van der Waals surface area contributed by atoms with Crippen LogP contribution in [0.15, 0.2) is 18.2 Å². The molecule has 3 rings (SSSR count). The van der Waals surface area contributed by atoms with Crippen LogP contribution in [0.25, 0.3) is 10.9 Å². The van der Waals surface area contributed by atoms with E-state index in [1.54, 1.807) is 12.1 Å². The van der Waals surface area contributed by atoms with Gasteiger partial charge in [0.1, 0.15) is 0 Å². The molecule has 1 aliphatic heterocycles. The van der Waals surface area contributed by atoms with Crippen molar-refractivity contribution in [1.82, 2.24) is 20.4 Å². The van der Waals surface area contributed by atoms with Crippen LogP contribution in [0, 0.1) is 0 Å². The van der Waals surface area contributed by atoms with Crippen LogP contribution in [0.1, 0.15) is 44.1 Å². The van der Waals surface area contributed by atoms with E-state index in [0.717, 1.165) is 36.8 Å². The summed E-state index contributed by atoms with van der Waals surface area (Å²) in [6, 6.07) is 5.60. The second-order valence-electron chi connectivity index (χ2n) is 7.17. The summed E-state index contributed by atoms with van der Waals surface area (Å²) in [5, 5.41) is 11.5. The van der Waals surface area contributed by atoms with Crippen molar-refractivity contribution >= 4 is 28.4 Å². The van der Waals surface area contributed by atoms with Crippen molar-refractivity contribution in [2.24, 2.45) is 0 Å². The van der Waals surface area contributed by atoms with Crippen LogP contribution >= 0.6 is 11.6 Å². The monoisotopic (exact) mass is 334 g/mol. The predicted molar refractivity (Wildman–Crippen MR) is 92.9 cm³/mol. The molecule has 124 valence electrons. The third-order valence-corrected chi connectivity index (χ3v) is 4.75. The number of piperidine rings is 1. The lowest BCUT2D eigenvalue weighted by atomic mass is 9.98. The number of benzene rings is 1. The minimum Gasteiger partial charge on any atom is -0.348 e. The molecule has 2 heterocycles. The van der Waals surface area contributed by atoms with Gasteiger partial charge in [0.25, 0.3) is 5.91 Å². The zero-order chi connectivity index (χ0) is 16.6. The number of aromatic amines is 1. The van der Waals surface area contributed by atoms with Crippen molar-refractivity contribution in [3.05, 3.63) is 28.9 Å². The van der Waals surface area contributed by atoms with Crippen LogP contribution in [0.2, 0.25) is 5.02 Å². The Morgan fingerprint density at radius 2 is 2.04 bits per heavy atom. The average Bonchev–Trinajstić information content (AvgIpc) is 2.90. The lowest BCUT2D eigenvalue weighted by Gasteiger charge is -2.40. The minimum absolute atomic E-state index is 0.132. The highest BCUT2D eigenvalue weighted by atomic mass is 35.5. The summed E-state index contributed by atoms with van der Waals surface area (Å²) in [6.45, 7) is 8.69. The van der Waals surface area contributed by atoms with Crippen LogP contribution in [0.3, 0.4) is 0 Å². The number of amides is 1. The van der Waals surface area contributed by atoms with E-state index >= 15 is 0 Å². The number of nitrogens with zero attached hydrogens (tertiary/aromatic N) is 2. The fraction of sp³-hybridized carbons (Fsp3) is 0.529. The Morgan fingerprint density at radius 1 is 1.35 bits per heavy atom. The van der Waals surface area contributed by atoms with Gasteiger partial charge in [0.15, 0.2) is 5.69 Å². The highest BCUT2D eigenvalue weighted by molar-refractivity contribution is 6.31. The van der Waals surface area contributed by atoms with Gasteiger partial charge in [0.05, 0.1) is 5.52 Å². The number of carbonyl (C=O) groups excluding carboxylic acids is 1. The van der Waals surface area contributed by atoms with Gasteiger partial charge in [0.2, 0.25) is 0 Å². The fourth-order valence-electron chi connectivity index (χ4n) is 3.11. The van der Waals surface area contributed by atoms with Crippen LogP contribution < -0.4 is 5.32 Å². The molecule has 0 aliphatic carbocycles. The Kier molecular flexibility index (Phi) is 4.34. The molecule has 2 N–H and O–H groups in total. The highest BCUT2D eigenvalue weighted by Gasteiger charge is 2.28. The first-order valence-corrected chi connectivity index (χ1v) is 8.42. The van der Waals surface area contributed by atoms with Crippen LogP contribution in [0.4, 0.5) is 0 Å². The summed E-state index contributed by atoms with van der Waals surface area (Å²) in [5.41, 5.74) is 1.42. The van der Waals surface area contributed by atoms with Gasteiger partial charge in [-0.25, -0.2) is 0 Å². The van der Waals surface area contributed by atoms with Gasteiger partial charge in [0, 0.05) is 35.1 Å². The molecule has 1 fully saturated rings. The maximum atomic E-state index is 12.5. The zero-order valence-corrected chi connectivity index (χ0v) is 14.6. The number of likely N-dealkylation sites (tertiary alicyclic amines) is 1. The van der Waals surface area contributed by atoms with E-state index in [-0.39, 0.29) is 17.5 Å². The normalized spacial score (nSPS) is 17.6. The molecule has 0 unspecified atom stereocenters. The van der Waals surface area contributed by atoms with Crippen molar-refractivity contribution in [2.45, 2.75) is 45.2 Å². The van der Waals surface area contributed by atoms with Gasteiger partial charge in [-0.15, -0.1) is 0 Å². The second kappa shape index (κ2) is 6.13. The number of H-pyrrole nitrogens is 1. The van der Waals surface area contributed by atoms with Gasteiger partial charge >= 0.3 is 0 Å². The number of carbonyl (C=O) groups is 1. The molecule has 0 atom stereocenters. The molecular formula is C17H23ClN4O. The largest absolute Gasteiger partial charge is 0.348 e. The van der Waals surface area contributed by atoms with Gasteiger partial charge < -0.3 is 5.32 Å². The van der Waals surface area contributed by atoms with Crippen molar-refractivity contribution in [1.29, 1.82) is 0 Å². The molecule has 1 amide bonds. The summed E-state index contributed by atoms with van der Waals surface area (Å²) < 4.78 is 0. The van der Waals surface area contributed by atoms with E-state index in [4.69, 9.17) is 11.6 Å². The van der Waals surface area contributed by atoms with Crippen LogP contribution in [0.5, 0.6) is 0 Å². The molecule has 6 heteroatoms. The summed E-state index contributed by atoms with van der Waals surface area (Å²) >= 11 is 6.02. The number of hydrogen-bond donors (Lipinski definition) is 2. The highest BCUT2D eigenvalue weighted by Crippen LogP contribution is 2.22. The quantitative estimate of drug-likeness (QED) is 0.886. The summed E-state index contributed by atoms with van der Waals surface area (Å²) in [6.07, 6.45) is 1.93. The van der Waals surface area contributed by atoms with E-state index in [9.17, 15) is 4.79 Å². The van der Waals surface area contributed by atoms with Crippen molar-refractivity contribution in [3.63, 3.8) is 0 Å². The van der Waals surface area contributed by atoms with E-state index < -0.39 is 0 Å². The number of nitrogens with one attached hydrogen (secondary N) is 2. The number of halogens is 1. The van der Waals surface area contributed by atoms with E-state index in [1.165, 1.54) is 0 Å². The molecule has 0 saturated carbocycles. The lowest BCUT2D eigenvalue weighted by molar-refractivity contribution is 0.0810. The Balaban J connectivity index is 1.67. The first-order chi connectivity index (χ1) is 10.8. The molecule has 5 nitrogen and oxygen atoms in total. The van der Waals surface area contributed by atoms with Crippen molar-refractivity contribution < 1.29 is 4.79 Å². The maximum Gasteiger partial charge on any atom is 0.272 e. The van der Waals surface area contributed by atoms with Crippen molar-refractivity contribution in [2.75, 3.05) is 13.1 Å². The topological polar surface area (TPSA) is 61.0 Å². The number of rotatable bonds is 2. The van der Waals surface area contributed by atoms with E-state index in [0.29, 0.717) is 10.7 Å². The van der Waals surface area contributed by atoms with E-state index in [1.807, 2.05) is 6.07 Å². The predicted octanol–water partition coefficient (Wildman–Crippen LogP) is 3.21. The average molecular weight is 335 g/mol. The summed E-state index contributed by atoms with van der Waals surface area (Å²) in [5.74, 6) is -0.132. The Hall–Kier alpha value is -1.59. The SMILES string of the molecule is CC(C)(C)N1CCC(NC(=O)c2n[nH]c3ccc(Cl)cc23)CC1. The summed E-state index contributed by atoms with van der Waals surface area (Å²) in [7, 11) is 0. The van der Waals surface area contributed by atoms with E-state index in [2.05, 4.69) is 41.2 Å². The molecular weight excluding hydrogens is 312 g/mol. The Labute approximate surface area is 141 Å². The smallest absolute Gasteiger partial charge is 0.272 e. The van der Waals surface area contributed by atoms with Crippen LogP contribution in [-0.4, -0.2) is 45.7 Å². The Bertz CT molecular complexity index is 711. The molecule has 1 saturated heterocycles. The maximum absolute atomic E-state index is 12.5. The molecule has 2 aromatic rings. The van der Waals surface area contributed by atoms with Gasteiger partial charge in [-0.1, -0.05) is 11.6 Å². The lowest BCUT2D eigenvalue weighted by Crippen LogP contribution is -2.50. The molecule has 1 aromatic carbocycles. The molecule has 1 aromatic heterocycles. The molecule has 0 bridgehead atoms. The number of hydrogen-bond acceptors (Lipinski definition) is 3. The first-order valence-electron chi connectivity index (χ1n) is 8.04. The fourth-order valence-corrected chi connectivity index (χ4v) is 3.28. The van der Waals surface area contributed by atoms with Gasteiger partial charge in [-0.05, 0) is 51.8 Å². The Morgan fingerprint density at radius 3 is 2.70 bits per heavy atom. The third-order valence-electron chi connectivity index (χ3n) is 4.52. The standard InChI is InChI=1S/C17H23ClN4O/c1-17(2,3)22-8-6-12(7-9-22)19-16(23)15-13-10-11(18)4-5-14(13)20-21-15/h4-5,10,12H,6-9H2,1-3H3,(H,19,23)(H,20,21). The summed E-state index contributed by atoms with van der Waals surface area (Å²) in [4.78, 5) is 15.0. The number of aromatic nitrogens is 2. The molecule has 23 heavy (non-hydrogen) atoms. The molecule has 0 spiro atoms. The van der Waals surface area contributed by atoms with Gasteiger partial charge in [-0.2, -0.15) is 5.10 Å². The van der Waals surface area contributed by atoms with Crippen LogP contribution in [-0.2, 0) is 0 Å². The number of fused-ring (bicyclic) bond motifs is 1. The third kappa shape index (κ3) is 3.51. The zero-order valence-electron chi connectivity index (χ0n) is 13.8. The molecule has 1 aliphatic rings. The van der Waals surface area contributed by atoms with Gasteiger partial charge in [-0.3, -0.25) is 14.8 Å².